The van der Waals surface area contributed by atoms with Crippen LogP contribution in [0.25, 0.3) is 0 Å². The number of thioether (sulfide) groups is 1. The standard InChI is InChI=1S/C15H21ClN2OS/c1-17-8-2-3-15(19)18-9-10-20-11-14(18)12-4-6-13(16)7-5-12/h4-7,14,17H,2-3,8-11H2,1H3. The minimum atomic E-state index is 0.188. The van der Waals surface area contributed by atoms with Crippen LogP contribution in [0, 0.1) is 0 Å². The number of halogens is 1. The van der Waals surface area contributed by atoms with E-state index < -0.39 is 0 Å². The molecule has 0 bridgehead atoms. The molecule has 1 heterocycles. The first-order chi connectivity index (χ1) is 9.72. The zero-order valence-electron chi connectivity index (χ0n) is 11.8. The van der Waals surface area contributed by atoms with Gasteiger partial charge in [0.25, 0.3) is 0 Å². The van der Waals surface area contributed by atoms with Crippen LogP contribution < -0.4 is 5.32 Å². The minimum absolute atomic E-state index is 0.188. The third-order valence-electron chi connectivity index (χ3n) is 3.52. The highest BCUT2D eigenvalue weighted by Crippen LogP contribution is 2.30. The second-order valence-electron chi connectivity index (χ2n) is 4.94. The van der Waals surface area contributed by atoms with Gasteiger partial charge in [0.2, 0.25) is 5.91 Å². The number of nitrogens with zero attached hydrogens (tertiary/aromatic N) is 1. The fourth-order valence-electron chi connectivity index (χ4n) is 2.42. The Kier molecular flexibility index (Phi) is 6.20. The molecular weight excluding hydrogens is 292 g/mol. The van der Waals surface area contributed by atoms with Crippen molar-refractivity contribution in [3.05, 3.63) is 34.9 Å². The van der Waals surface area contributed by atoms with E-state index in [9.17, 15) is 4.79 Å². The lowest BCUT2D eigenvalue weighted by molar-refractivity contribution is -0.133. The molecule has 2 rings (SSSR count). The molecule has 1 aliphatic rings. The van der Waals surface area contributed by atoms with Crippen molar-refractivity contribution in [3.8, 4) is 0 Å². The third-order valence-corrected chi connectivity index (χ3v) is 4.80. The second kappa shape index (κ2) is 7.91. The van der Waals surface area contributed by atoms with Crippen molar-refractivity contribution in [2.45, 2.75) is 18.9 Å². The van der Waals surface area contributed by atoms with Gasteiger partial charge in [0.1, 0.15) is 0 Å². The molecule has 0 saturated carbocycles. The van der Waals surface area contributed by atoms with Gasteiger partial charge in [-0.2, -0.15) is 11.8 Å². The zero-order valence-corrected chi connectivity index (χ0v) is 13.3. The molecule has 3 nitrogen and oxygen atoms in total. The Labute approximate surface area is 130 Å². The van der Waals surface area contributed by atoms with E-state index in [4.69, 9.17) is 11.6 Å². The fourth-order valence-corrected chi connectivity index (χ4v) is 3.64. The van der Waals surface area contributed by atoms with Gasteiger partial charge in [0.05, 0.1) is 6.04 Å². The van der Waals surface area contributed by atoms with Crippen molar-refractivity contribution in [2.75, 3.05) is 31.6 Å². The molecule has 0 aliphatic carbocycles. The van der Waals surface area contributed by atoms with Crippen molar-refractivity contribution in [1.29, 1.82) is 0 Å². The molecule has 1 amide bonds. The van der Waals surface area contributed by atoms with Gasteiger partial charge in [-0.1, -0.05) is 23.7 Å². The van der Waals surface area contributed by atoms with Crippen LogP contribution in [0.1, 0.15) is 24.4 Å². The summed E-state index contributed by atoms with van der Waals surface area (Å²) in [6, 6.07) is 8.06. The first kappa shape index (κ1) is 15.7. The zero-order chi connectivity index (χ0) is 14.4. The first-order valence-corrected chi connectivity index (χ1v) is 8.53. The predicted molar refractivity (Wildman–Crippen MR) is 86.4 cm³/mol. The Morgan fingerprint density at radius 3 is 2.90 bits per heavy atom. The van der Waals surface area contributed by atoms with E-state index in [1.54, 1.807) is 0 Å². The summed E-state index contributed by atoms with van der Waals surface area (Å²) in [4.78, 5) is 14.4. The van der Waals surface area contributed by atoms with Crippen molar-refractivity contribution in [1.82, 2.24) is 10.2 Å². The molecule has 5 heteroatoms. The number of amides is 1. The molecule has 110 valence electrons. The summed E-state index contributed by atoms with van der Waals surface area (Å²) < 4.78 is 0. The Morgan fingerprint density at radius 1 is 1.45 bits per heavy atom. The average Bonchev–Trinajstić information content (AvgIpc) is 2.48. The molecule has 20 heavy (non-hydrogen) atoms. The van der Waals surface area contributed by atoms with Crippen molar-refractivity contribution in [2.24, 2.45) is 0 Å². The highest BCUT2D eigenvalue weighted by atomic mass is 35.5. The number of hydrogen-bond acceptors (Lipinski definition) is 3. The van der Waals surface area contributed by atoms with Crippen molar-refractivity contribution >= 4 is 29.3 Å². The maximum Gasteiger partial charge on any atom is 0.223 e. The number of nitrogens with one attached hydrogen (secondary N) is 1. The fraction of sp³-hybridized carbons (Fsp3) is 0.533. The molecule has 1 aliphatic heterocycles. The minimum Gasteiger partial charge on any atom is -0.334 e. The van der Waals surface area contributed by atoms with Crippen LogP contribution in [0.2, 0.25) is 5.02 Å². The molecular formula is C15H21ClN2OS. The van der Waals surface area contributed by atoms with Crippen LogP contribution in [0.4, 0.5) is 0 Å². The van der Waals surface area contributed by atoms with Crippen LogP contribution in [-0.2, 0) is 4.79 Å². The van der Waals surface area contributed by atoms with E-state index in [2.05, 4.69) is 5.32 Å². The SMILES string of the molecule is CNCCCC(=O)N1CCSCC1c1ccc(Cl)cc1. The number of rotatable bonds is 5. The second-order valence-corrected chi connectivity index (χ2v) is 6.52. The van der Waals surface area contributed by atoms with Crippen LogP contribution >= 0.6 is 23.4 Å². The van der Waals surface area contributed by atoms with Crippen LogP contribution in [0.3, 0.4) is 0 Å². The summed E-state index contributed by atoms with van der Waals surface area (Å²) in [6.07, 6.45) is 1.52. The smallest absolute Gasteiger partial charge is 0.223 e. The van der Waals surface area contributed by atoms with E-state index in [1.807, 2.05) is 48.0 Å². The maximum absolute atomic E-state index is 12.4. The number of carbonyl (C=O) groups excluding carboxylic acids is 1. The third kappa shape index (κ3) is 4.14. The highest BCUT2D eigenvalue weighted by molar-refractivity contribution is 7.99. The lowest BCUT2D eigenvalue weighted by Gasteiger charge is -2.36. The van der Waals surface area contributed by atoms with Gasteiger partial charge in [-0.05, 0) is 37.7 Å². The van der Waals surface area contributed by atoms with Gasteiger partial charge in [-0.3, -0.25) is 4.79 Å². The molecule has 1 unspecified atom stereocenters. The quantitative estimate of drug-likeness (QED) is 0.848. The van der Waals surface area contributed by atoms with Crippen LogP contribution in [0.15, 0.2) is 24.3 Å². The summed E-state index contributed by atoms with van der Waals surface area (Å²) in [5.41, 5.74) is 1.18. The van der Waals surface area contributed by atoms with Gasteiger partial charge in [0.15, 0.2) is 0 Å². The van der Waals surface area contributed by atoms with Crippen LogP contribution in [-0.4, -0.2) is 42.4 Å². The van der Waals surface area contributed by atoms with Gasteiger partial charge >= 0.3 is 0 Å². The van der Waals surface area contributed by atoms with E-state index >= 15 is 0 Å². The molecule has 0 aromatic heterocycles. The lowest BCUT2D eigenvalue weighted by atomic mass is 10.1. The summed E-state index contributed by atoms with van der Waals surface area (Å²) in [5, 5.41) is 3.83. The molecule has 1 N–H and O–H groups in total. The van der Waals surface area contributed by atoms with Gasteiger partial charge in [0, 0.05) is 29.5 Å². The van der Waals surface area contributed by atoms with Crippen molar-refractivity contribution in [3.63, 3.8) is 0 Å². The van der Waals surface area contributed by atoms with E-state index in [0.29, 0.717) is 6.42 Å². The van der Waals surface area contributed by atoms with Gasteiger partial charge < -0.3 is 10.2 Å². The molecule has 1 atom stereocenters. The Hall–Kier alpha value is -0.710. The highest BCUT2D eigenvalue weighted by Gasteiger charge is 2.27. The van der Waals surface area contributed by atoms with E-state index in [-0.39, 0.29) is 11.9 Å². The Morgan fingerprint density at radius 2 is 2.20 bits per heavy atom. The normalized spacial score (nSPS) is 19.1. The van der Waals surface area contributed by atoms with E-state index in [0.717, 1.165) is 36.0 Å². The lowest BCUT2D eigenvalue weighted by Crippen LogP contribution is -2.40. The summed E-state index contributed by atoms with van der Waals surface area (Å²) in [6.45, 7) is 1.73. The Bertz CT molecular complexity index is 438. The molecule has 0 spiro atoms. The predicted octanol–water partition coefficient (Wildman–Crippen LogP) is 2.96. The number of carbonyl (C=O) groups is 1. The summed E-state index contributed by atoms with van der Waals surface area (Å²) in [7, 11) is 1.92. The maximum atomic E-state index is 12.4. The largest absolute Gasteiger partial charge is 0.334 e. The monoisotopic (exact) mass is 312 g/mol. The average molecular weight is 313 g/mol. The van der Waals surface area contributed by atoms with Crippen LogP contribution in [0.5, 0.6) is 0 Å². The summed E-state index contributed by atoms with van der Waals surface area (Å²) >= 11 is 7.85. The number of benzene rings is 1. The van der Waals surface area contributed by atoms with Gasteiger partial charge in [-0.15, -0.1) is 0 Å². The Balaban J connectivity index is 2.04. The molecule has 1 fully saturated rings. The topological polar surface area (TPSA) is 32.3 Å². The first-order valence-electron chi connectivity index (χ1n) is 6.99. The van der Waals surface area contributed by atoms with Crippen molar-refractivity contribution < 1.29 is 4.79 Å². The number of hydrogen-bond donors (Lipinski definition) is 1. The summed E-state index contributed by atoms with van der Waals surface area (Å²) in [5.74, 6) is 2.27. The van der Waals surface area contributed by atoms with E-state index in [1.165, 1.54) is 5.56 Å². The molecule has 0 radical (unpaired) electrons. The van der Waals surface area contributed by atoms with Gasteiger partial charge in [-0.25, -0.2) is 0 Å². The molecule has 1 saturated heterocycles. The molecule has 1 aromatic rings. The molecule has 1 aromatic carbocycles.